The van der Waals surface area contributed by atoms with Crippen LogP contribution in [0.3, 0.4) is 0 Å². The molecule has 1 saturated heterocycles. The standard InChI is InChI=1S/C13H15ClN4/c14-12-13(18-7-5-9(15)6-8-18)17-11-4-2-1-3-10(11)16-12/h1-4,9H,5-8,15H2. The van der Waals surface area contributed by atoms with Crippen molar-refractivity contribution in [2.75, 3.05) is 18.0 Å². The molecule has 0 atom stereocenters. The van der Waals surface area contributed by atoms with E-state index in [-0.39, 0.29) is 0 Å². The number of fused-ring (bicyclic) bond motifs is 1. The highest BCUT2D eigenvalue weighted by molar-refractivity contribution is 6.32. The van der Waals surface area contributed by atoms with Gasteiger partial charge in [-0.1, -0.05) is 23.7 Å². The molecule has 1 aliphatic heterocycles. The van der Waals surface area contributed by atoms with Gasteiger partial charge in [0.2, 0.25) is 0 Å². The van der Waals surface area contributed by atoms with Crippen molar-refractivity contribution in [2.45, 2.75) is 18.9 Å². The van der Waals surface area contributed by atoms with Gasteiger partial charge >= 0.3 is 0 Å². The largest absolute Gasteiger partial charge is 0.354 e. The summed E-state index contributed by atoms with van der Waals surface area (Å²) in [6.07, 6.45) is 1.95. The van der Waals surface area contributed by atoms with Crippen LogP contribution in [0, 0.1) is 0 Å². The van der Waals surface area contributed by atoms with Crippen LogP contribution in [0.1, 0.15) is 12.8 Å². The molecule has 2 heterocycles. The quantitative estimate of drug-likeness (QED) is 0.856. The van der Waals surface area contributed by atoms with E-state index in [4.69, 9.17) is 17.3 Å². The Labute approximate surface area is 111 Å². The molecule has 94 valence electrons. The molecule has 18 heavy (non-hydrogen) atoms. The molecular weight excluding hydrogens is 248 g/mol. The molecule has 5 heteroatoms. The zero-order valence-electron chi connectivity index (χ0n) is 10.0. The van der Waals surface area contributed by atoms with E-state index in [1.165, 1.54) is 0 Å². The summed E-state index contributed by atoms with van der Waals surface area (Å²) in [5, 5.41) is 0.476. The second-order valence-electron chi connectivity index (χ2n) is 4.65. The van der Waals surface area contributed by atoms with E-state index in [0.717, 1.165) is 42.8 Å². The molecule has 3 rings (SSSR count). The Bertz CT molecular complexity index is 564. The van der Waals surface area contributed by atoms with Crippen molar-refractivity contribution in [3.63, 3.8) is 0 Å². The Kier molecular flexibility index (Phi) is 3.06. The summed E-state index contributed by atoms with van der Waals surface area (Å²) >= 11 is 6.23. The normalized spacial score (nSPS) is 17.3. The number of anilines is 1. The van der Waals surface area contributed by atoms with E-state index < -0.39 is 0 Å². The molecule has 0 saturated carbocycles. The lowest BCUT2D eigenvalue weighted by Gasteiger charge is -2.31. The first-order chi connectivity index (χ1) is 8.74. The van der Waals surface area contributed by atoms with Crippen LogP contribution >= 0.6 is 11.6 Å². The lowest BCUT2D eigenvalue weighted by Crippen LogP contribution is -2.40. The summed E-state index contributed by atoms with van der Waals surface area (Å²) in [5.41, 5.74) is 7.62. The number of nitrogens with two attached hydrogens (primary N) is 1. The zero-order chi connectivity index (χ0) is 12.5. The van der Waals surface area contributed by atoms with Crippen LogP contribution in [0.15, 0.2) is 24.3 Å². The van der Waals surface area contributed by atoms with E-state index in [0.29, 0.717) is 11.2 Å². The molecule has 1 aromatic carbocycles. The van der Waals surface area contributed by atoms with Crippen molar-refractivity contribution in [1.82, 2.24) is 9.97 Å². The predicted molar refractivity (Wildman–Crippen MR) is 74.0 cm³/mol. The average molecular weight is 263 g/mol. The van der Waals surface area contributed by atoms with Crippen molar-refractivity contribution < 1.29 is 0 Å². The highest BCUT2D eigenvalue weighted by atomic mass is 35.5. The Hall–Kier alpha value is -1.39. The first-order valence-corrected chi connectivity index (χ1v) is 6.54. The van der Waals surface area contributed by atoms with E-state index >= 15 is 0 Å². The average Bonchev–Trinajstić information content (AvgIpc) is 2.39. The summed E-state index contributed by atoms with van der Waals surface area (Å²) in [5.74, 6) is 0.780. The molecule has 1 aliphatic rings. The summed E-state index contributed by atoms with van der Waals surface area (Å²) in [7, 11) is 0. The van der Waals surface area contributed by atoms with Crippen molar-refractivity contribution in [3.8, 4) is 0 Å². The fourth-order valence-corrected chi connectivity index (χ4v) is 2.53. The van der Waals surface area contributed by atoms with Crippen LogP contribution in [0.2, 0.25) is 5.15 Å². The van der Waals surface area contributed by atoms with E-state index in [2.05, 4.69) is 14.9 Å². The monoisotopic (exact) mass is 262 g/mol. The van der Waals surface area contributed by atoms with Crippen LogP contribution in [0.5, 0.6) is 0 Å². The number of hydrogen-bond donors (Lipinski definition) is 1. The topological polar surface area (TPSA) is 55.0 Å². The molecule has 0 bridgehead atoms. The minimum absolute atomic E-state index is 0.299. The first kappa shape index (κ1) is 11.7. The third kappa shape index (κ3) is 2.13. The van der Waals surface area contributed by atoms with Crippen LogP contribution in [0.4, 0.5) is 5.82 Å². The van der Waals surface area contributed by atoms with Crippen LogP contribution in [0.25, 0.3) is 11.0 Å². The number of halogens is 1. The Morgan fingerprint density at radius 1 is 1.11 bits per heavy atom. The lowest BCUT2D eigenvalue weighted by atomic mass is 10.1. The van der Waals surface area contributed by atoms with Gasteiger partial charge in [0.1, 0.15) is 0 Å². The first-order valence-electron chi connectivity index (χ1n) is 6.17. The van der Waals surface area contributed by atoms with Crippen LogP contribution in [-0.2, 0) is 0 Å². The number of aromatic nitrogens is 2. The van der Waals surface area contributed by atoms with Gasteiger partial charge in [0.15, 0.2) is 11.0 Å². The predicted octanol–water partition coefficient (Wildman–Crippen LogP) is 2.21. The number of para-hydroxylation sites is 2. The number of hydrogen-bond acceptors (Lipinski definition) is 4. The molecular formula is C13H15ClN4. The second kappa shape index (κ2) is 4.71. The molecule has 0 radical (unpaired) electrons. The Balaban J connectivity index is 1.98. The molecule has 2 aromatic rings. The van der Waals surface area contributed by atoms with E-state index in [1.807, 2.05) is 24.3 Å². The number of benzene rings is 1. The van der Waals surface area contributed by atoms with Crippen molar-refractivity contribution >= 4 is 28.5 Å². The van der Waals surface area contributed by atoms with Gasteiger partial charge in [-0.15, -0.1) is 0 Å². The maximum Gasteiger partial charge on any atom is 0.172 e. The maximum atomic E-state index is 6.23. The Morgan fingerprint density at radius 2 is 1.72 bits per heavy atom. The van der Waals surface area contributed by atoms with Crippen LogP contribution < -0.4 is 10.6 Å². The van der Waals surface area contributed by atoms with Gasteiger partial charge in [-0.2, -0.15) is 0 Å². The molecule has 2 N–H and O–H groups in total. The fourth-order valence-electron chi connectivity index (χ4n) is 2.28. The van der Waals surface area contributed by atoms with Crippen LogP contribution in [-0.4, -0.2) is 29.1 Å². The summed E-state index contributed by atoms with van der Waals surface area (Å²) in [6, 6.07) is 8.07. The van der Waals surface area contributed by atoms with E-state index in [1.54, 1.807) is 0 Å². The number of rotatable bonds is 1. The number of piperidine rings is 1. The SMILES string of the molecule is NC1CCN(c2nc3ccccc3nc2Cl)CC1. The molecule has 4 nitrogen and oxygen atoms in total. The van der Waals surface area contributed by atoms with Gasteiger partial charge in [-0.25, -0.2) is 9.97 Å². The van der Waals surface area contributed by atoms with Gasteiger partial charge in [0, 0.05) is 19.1 Å². The highest BCUT2D eigenvalue weighted by Gasteiger charge is 2.20. The van der Waals surface area contributed by atoms with Gasteiger partial charge in [-0.3, -0.25) is 0 Å². The molecule has 1 aromatic heterocycles. The summed E-state index contributed by atoms with van der Waals surface area (Å²) in [4.78, 5) is 11.2. The summed E-state index contributed by atoms with van der Waals surface area (Å²) < 4.78 is 0. The van der Waals surface area contributed by atoms with Gasteiger partial charge in [0.25, 0.3) is 0 Å². The molecule has 0 unspecified atom stereocenters. The van der Waals surface area contributed by atoms with Crippen molar-refractivity contribution in [1.29, 1.82) is 0 Å². The third-order valence-electron chi connectivity index (χ3n) is 3.35. The summed E-state index contributed by atoms with van der Waals surface area (Å²) in [6.45, 7) is 1.79. The smallest absolute Gasteiger partial charge is 0.172 e. The second-order valence-corrected chi connectivity index (χ2v) is 5.01. The zero-order valence-corrected chi connectivity index (χ0v) is 10.8. The maximum absolute atomic E-state index is 6.23. The van der Waals surface area contributed by atoms with Crippen molar-refractivity contribution in [2.24, 2.45) is 5.73 Å². The molecule has 0 amide bonds. The fraction of sp³-hybridized carbons (Fsp3) is 0.385. The van der Waals surface area contributed by atoms with E-state index in [9.17, 15) is 0 Å². The molecule has 0 aliphatic carbocycles. The minimum Gasteiger partial charge on any atom is -0.354 e. The minimum atomic E-state index is 0.299. The lowest BCUT2D eigenvalue weighted by molar-refractivity contribution is 0.498. The third-order valence-corrected chi connectivity index (χ3v) is 3.60. The van der Waals surface area contributed by atoms with Gasteiger partial charge < -0.3 is 10.6 Å². The number of nitrogens with zero attached hydrogens (tertiary/aromatic N) is 3. The van der Waals surface area contributed by atoms with Gasteiger partial charge in [-0.05, 0) is 25.0 Å². The molecule has 0 spiro atoms. The highest BCUT2D eigenvalue weighted by Crippen LogP contribution is 2.26. The van der Waals surface area contributed by atoms with Gasteiger partial charge in [0.05, 0.1) is 11.0 Å². The Morgan fingerprint density at radius 3 is 2.39 bits per heavy atom. The molecule has 1 fully saturated rings. The van der Waals surface area contributed by atoms with Crippen molar-refractivity contribution in [3.05, 3.63) is 29.4 Å².